The van der Waals surface area contributed by atoms with Crippen LogP contribution in [0.1, 0.15) is 34.1 Å². The Balaban J connectivity index is 1.61. The first-order chi connectivity index (χ1) is 16.7. The largest absolute Gasteiger partial charge is 0.348 e. The number of aryl methyl sites for hydroxylation is 1. The van der Waals surface area contributed by atoms with E-state index in [-0.39, 0.29) is 29.2 Å². The highest BCUT2D eigenvalue weighted by Crippen LogP contribution is 2.32. The summed E-state index contributed by atoms with van der Waals surface area (Å²) in [6, 6.07) is 14.0. The molecule has 1 aliphatic rings. The third-order valence-corrected chi connectivity index (χ3v) is 7.94. The van der Waals surface area contributed by atoms with Crippen LogP contribution in [0.15, 0.2) is 54.6 Å². The molecule has 0 unspecified atom stereocenters. The van der Waals surface area contributed by atoms with E-state index in [1.165, 1.54) is 6.07 Å². The lowest BCUT2D eigenvalue weighted by Crippen LogP contribution is -2.24. The van der Waals surface area contributed by atoms with Crippen LogP contribution >= 0.6 is 0 Å². The summed E-state index contributed by atoms with van der Waals surface area (Å²) in [7, 11) is -3.18. The van der Waals surface area contributed by atoms with Crippen molar-refractivity contribution in [2.24, 2.45) is 0 Å². The van der Waals surface area contributed by atoms with Gasteiger partial charge in [-0.2, -0.15) is 5.10 Å². The van der Waals surface area contributed by atoms with Gasteiger partial charge in [0.2, 0.25) is 0 Å². The Hall–Kier alpha value is -3.66. The van der Waals surface area contributed by atoms with E-state index in [1.807, 2.05) is 30.3 Å². The minimum atomic E-state index is -3.18. The average Bonchev–Trinajstić information content (AvgIpc) is 3.37. The van der Waals surface area contributed by atoms with E-state index in [1.54, 1.807) is 17.7 Å². The third-order valence-electron chi connectivity index (χ3n) is 6.19. The molecule has 3 heterocycles. The Morgan fingerprint density at radius 1 is 1.11 bits per heavy atom. The van der Waals surface area contributed by atoms with Crippen molar-refractivity contribution < 1.29 is 22.0 Å². The average molecular weight is 497 g/mol. The van der Waals surface area contributed by atoms with Gasteiger partial charge in [0.25, 0.3) is 5.91 Å². The molecule has 180 valence electrons. The van der Waals surface area contributed by atoms with Crippen molar-refractivity contribution in [2.75, 3.05) is 11.5 Å². The molecule has 2 aromatic heterocycles. The van der Waals surface area contributed by atoms with Crippen LogP contribution in [0.4, 0.5) is 8.78 Å². The Labute approximate surface area is 200 Å². The van der Waals surface area contributed by atoms with Crippen LogP contribution in [0, 0.1) is 18.6 Å². The van der Waals surface area contributed by atoms with Crippen molar-refractivity contribution in [2.45, 2.75) is 25.9 Å². The number of hydrogen-bond acceptors (Lipinski definition) is 5. The number of sulfone groups is 1. The third kappa shape index (κ3) is 4.41. The second kappa shape index (κ2) is 8.84. The van der Waals surface area contributed by atoms with Gasteiger partial charge in [0.1, 0.15) is 11.6 Å². The fourth-order valence-corrected chi connectivity index (χ4v) is 6.13. The van der Waals surface area contributed by atoms with Crippen LogP contribution in [0.25, 0.3) is 22.3 Å². The zero-order chi connectivity index (χ0) is 24.7. The Bertz CT molecular complexity index is 1530. The lowest BCUT2D eigenvalue weighted by molar-refractivity contribution is 0.0952. The van der Waals surface area contributed by atoms with E-state index in [2.05, 4.69) is 10.4 Å². The van der Waals surface area contributed by atoms with Crippen LogP contribution in [-0.2, 0) is 16.4 Å². The van der Waals surface area contributed by atoms with Gasteiger partial charge >= 0.3 is 0 Å². The number of rotatable bonds is 5. The monoisotopic (exact) mass is 496 g/mol. The highest BCUT2D eigenvalue weighted by atomic mass is 32.2. The highest BCUT2D eigenvalue weighted by Gasteiger charge is 2.32. The van der Waals surface area contributed by atoms with Gasteiger partial charge in [-0.15, -0.1) is 0 Å². The molecule has 1 aliphatic heterocycles. The first-order valence-electron chi connectivity index (χ1n) is 11.1. The van der Waals surface area contributed by atoms with E-state index in [9.17, 15) is 22.0 Å². The van der Waals surface area contributed by atoms with Crippen molar-refractivity contribution in [3.05, 3.63) is 83.1 Å². The summed E-state index contributed by atoms with van der Waals surface area (Å²) in [5.74, 6) is -2.02. The molecular formula is C25H22F2N4O3S. The van der Waals surface area contributed by atoms with Crippen molar-refractivity contribution in [1.82, 2.24) is 20.1 Å². The Morgan fingerprint density at radius 2 is 1.83 bits per heavy atom. The molecule has 2 aromatic carbocycles. The van der Waals surface area contributed by atoms with Gasteiger partial charge in [-0.05, 0) is 31.5 Å². The van der Waals surface area contributed by atoms with Crippen molar-refractivity contribution in [3.8, 4) is 11.3 Å². The molecule has 1 atom stereocenters. The number of fused-ring (bicyclic) bond motifs is 1. The fraction of sp³-hybridized carbons (Fsp3) is 0.240. The topological polar surface area (TPSA) is 93.9 Å². The molecular weight excluding hydrogens is 474 g/mol. The summed E-state index contributed by atoms with van der Waals surface area (Å²) in [6.07, 6.45) is 0.407. The molecule has 0 spiro atoms. The van der Waals surface area contributed by atoms with Crippen LogP contribution in [-0.4, -0.2) is 40.6 Å². The van der Waals surface area contributed by atoms with Crippen molar-refractivity contribution in [1.29, 1.82) is 0 Å². The predicted molar refractivity (Wildman–Crippen MR) is 128 cm³/mol. The summed E-state index contributed by atoms with van der Waals surface area (Å²) >= 11 is 0. The molecule has 0 radical (unpaired) electrons. The number of benzene rings is 2. The second-order valence-corrected chi connectivity index (χ2v) is 10.8. The first kappa shape index (κ1) is 23.1. The van der Waals surface area contributed by atoms with E-state index in [4.69, 9.17) is 4.98 Å². The molecule has 0 saturated carbocycles. The van der Waals surface area contributed by atoms with Crippen molar-refractivity contribution >= 4 is 26.8 Å². The van der Waals surface area contributed by atoms with Gasteiger partial charge < -0.3 is 5.32 Å². The highest BCUT2D eigenvalue weighted by molar-refractivity contribution is 7.91. The first-order valence-corrected chi connectivity index (χ1v) is 12.9. The quantitative estimate of drug-likeness (QED) is 0.451. The maximum Gasteiger partial charge on any atom is 0.252 e. The smallest absolute Gasteiger partial charge is 0.252 e. The zero-order valence-corrected chi connectivity index (χ0v) is 19.6. The minimum Gasteiger partial charge on any atom is -0.348 e. The second-order valence-electron chi connectivity index (χ2n) is 8.59. The van der Waals surface area contributed by atoms with Crippen LogP contribution in [0.3, 0.4) is 0 Å². The fourth-order valence-electron chi connectivity index (χ4n) is 4.44. The lowest BCUT2D eigenvalue weighted by atomic mass is 10.0. The SMILES string of the molecule is Cc1nn([C@@H]2CCS(=O)(=O)C2)c2nc(-c3ccccc3)cc(C(=O)NCc3c(F)cccc3F)c12. The summed E-state index contributed by atoms with van der Waals surface area (Å²) in [5, 5.41) is 7.63. The molecule has 35 heavy (non-hydrogen) atoms. The molecule has 4 aromatic rings. The van der Waals surface area contributed by atoms with E-state index < -0.39 is 33.4 Å². The van der Waals surface area contributed by atoms with Crippen LogP contribution in [0.2, 0.25) is 0 Å². The number of nitrogens with zero attached hydrogens (tertiary/aromatic N) is 3. The molecule has 0 aliphatic carbocycles. The van der Waals surface area contributed by atoms with Gasteiger partial charge in [-0.1, -0.05) is 36.4 Å². The summed E-state index contributed by atoms with van der Waals surface area (Å²) in [4.78, 5) is 18.1. The number of pyridine rings is 1. The van der Waals surface area contributed by atoms with Crippen LogP contribution in [0.5, 0.6) is 0 Å². The molecule has 5 rings (SSSR count). The lowest BCUT2D eigenvalue weighted by Gasteiger charge is -2.13. The summed E-state index contributed by atoms with van der Waals surface area (Å²) in [5.41, 5.74) is 2.18. The van der Waals surface area contributed by atoms with Gasteiger partial charge in [0, 0.05) is 17.7 Å². The van der Waals surface area contributed by atoms with E-state index >= 15 is 0 Å². The van der Waals surface area contributed by atoms with Gasteiger partial charge in [0.15, 0.2) is 15.5 Å². The van der Waals surface area contributed by atoms with E-state index in [0.29, 0.717) is 28.8 Å². The predicted octanol–water partition coefficient (Wildman–Crippen LogP) is 3.97. The minimum absolute atomic E-state index is 0.0471. The Morgan fingerprint density at radius 3 is 2.49 bits per heavy atom. The zero-order valence-electron chi connectivity index (χ0n) is 18.8. The maximum atomic E-state index is 14.1. The number of aromatic nitrogens is 3. The number of carbonyl (C=O) groups is 1. The molecule has 7 nitrogen and oxygen atoms in total. The van der Waals surface area contributed by atoms with Gasteiger partial charge in [0.05, 0.1) is 39.9 Å². The number of hydrogen-bond donors (Lipinski definition) is 1. The Kier molecular flexibility index (Phi) is 5.84. The maximum absolute atomic E-state index is 14.1. The molecule has 1 amide bonds. The molecule has 10 heteroatoms. The van der Waals surface area contributed by atoms with E-state index in [0.717, 1.165) is 17.7 Å². The number of amides is 1. The van der Waals surface area contributed by atoms with Crippen LogP contribution < -0.4 is 5.32 Å². The van der Waals surface area contributed by atoms with Gasteiger partial charge in [-0.3, -0.25) is 4.79 Å². The molecule has 1 fully saturated rings. The molecule has 1 saturated heterocycles. The summed E-state index contributed by atoms with van der Waals surface area (Å²) < 4.78 is 54.0. The summed E-state index contributed by atoms with van der Waals surface area (Å²) in [6.45, 7) is 1.38. The number of nitrogens with one attached hydrogen (secondary N) is 1. The normalized spacial score (nSPS) is 17.1. The standard InChI is InChI=1S/C25H22F2N4O3S/c1-15-23-18(25(32)28-13-19-20(26)8-5-9-21(19)27)12-22(16-6-3-2-4-7-16)29-24(23)31(30-15)17-10-11-35(33,34)14-17/h2-9,12,17H,10-11,13-14H2,1H3,(H,28,32)/t17-/m1/s1. The molecule has 1 N–H and O–H groups in total. The number of carbonyl (C=O) groups excluding carboxylic acids is 1. The number of halogens is 2. The molecule has 0 bridgehead atoms. The van der Waals surface area contributed by atoms with Gasteiger partial charge in [-0.25, -0.2) is 26.9 Å². The van der Waals surface area contributed by atoms with Crippen molar-refractivity contribution in [3.63, 3.8) is 0 Å².